The molecule has 0 saturated heterocycles. The molecule has 0 aliphatic rings. The number of carbonyl (C=O) groups excluding carboxylic acids is 1. The Balaban J connectivity index is 3.07. The number of hydrogen-bond donors (Lipinski definition) is 1. The third-order valence-electron chi connectivity index (χ3n) is 2.97. The molecule has 0 saturated carbocycles. The highest BCUT2D eigenvalue weighted by Crippen LogP contribution is 2.26. The molecule has 0 aliphatic carbocycles. The lowest BCUT2D eigenvalue weighted by atomic mass is 9.92. The van der Waals surface area contributed by atoms with Crippen LogP contribution in [0.25, 0.3) is 0 Å². The van der Waals surface area contributed by atoms with Crippen molar-refractivity contribution in [2.45, 2.75) is 19.4 Å². The lowest BCUT2D eigenvalue weighted by Gasteiger charge is -2.29. The van der Waals surface area contributed by atoms with Gasteiger partial charge in [-0.15, -0.1) is 0 Å². The summed E-state index contributed by atoms with van der Waals surface area (Å²) in [6.07, 6.45) is 0. The van der Waals surface area contributed by atoms with E-state index in [2.05, 4.69) is 5.32 Å². The van der Waals surface area contributed by atoms with Crippen LogP contribution in [0.3, 0.4) is 0 Å². The van der Waals surface area contributed by atoms with Gasteiger partial charge in [-0.2, -0.15) is 0 Å². The highest BCUT2D eigenvalue weighted by Gasteiger charge is 2.36. The van der Waals surface area contributed by atoms with Gasteiger partial charge in [-0.25, -0.2) is 9.18 Å². The molecule has 0 heterocycles. The Kier molecular flexibility index (Phi) is 6.39. The summed E-state index contributed by atoms with van der Waals surface area (Å²) in [5, 5.41) is 3.03. The van der Waals surface area contributed by atoms with Gasteiger partial charge >= 0.3 is 5.97 Å². The molecule has 4 nitrogen and oxygen atoms in total. The third kappa shape index (κ3) is 3.91. The van der Waals surface area contributed by atoms with Gasteiger partial charge in [0.05, 0.1) is 18.2 Å². The predicted octanol–water partition coefficient (Wildman–Crippen LogP) is 2.49. The van der Waals surface area contributed by atoms with E-state index in [-0.39, 0.29) is 11.6 Å². The van der Waals surface area contributed by atoms with E-state index in [1.807, 2.05) is 0 Å². The number of methoxy groups -OCH3 is 1. The number of rotatable bonds is 7. The lowest BCUT2D eigenvalue weighted by Crippen LogP contribution is -2.48. The van der Waals surface area contributed by atoms with Gasteiger partial charge in [0.1, 0.15) is 11.4 Å². The van der Waals surface area contributed by atoms with Crippen molar-refractivity contribution in [3.63, 3.8) is 0 Å². The molecule has 0 aliphatic heterocycles. The number of benzene rings is 1. The first kappa shape index (κ1) is 16.9. The van der Waals surface area contributed by atoms with Gasteiger partial charge in [0.2, 0.25) is 0 Å². The van der Waals surface area contributed by atoms with E-state index in [4.69, 9.17) is 21.1 Å². The fourth-order valence-corrected chi connectivity index (χ4v) is 1.96. The van der Waals surface area contributed by atoms with Crippen LogP contribution >= 0.6 is 11.6 Å². The molecule has 1 rings (SSSR count). The van der Waals surface area contributed by atoms with Gasteiger partial charge in [-0.1, -0.05) is 17.7 Å². The Morgan fingerprint density at radius 3 is 2.75 bits per heavy atom. The van der Waals surface area contributed by atoms with Crippen molar-refractivity contribution < 1.29 is 18.7 Å². The molecule has 0 radical (unpaired) electrons. The molecule has 6 heteroatoms. The molecular formula is C14H19ClFNO3. The SMILES string of the molecule is CCOC(=O)C(C)(NCCOC)c1ccc(F)c(Cl)c1. The molecule has 1 atom stereocenters. The fraction of sp³-hybridized carbons (Fsp3) is 0.500. The van der Waals surface area contributed by atoms with Gasteiger partial charge < -0.3 is 9.47 Å². The Morgan fingerprint density at radius 2 is 2.20 bits per heavy atom. The first-order chi connectivity index (χ1) is 9.45. The predicted molar refractivity (Wildman–Crippen MR) is 75.3 cm³/mol. The van der Waals surface area contributed by atoms with Crippen LogP contribution in [-0.4, -0.2) is 32.8 Å². The van der Waals surface area contributed by atoms with E-state index >= 15 is 0 Å². The highest BCUT2D eigenvalue weighted by molar-refractivity contribution is 6.30. The van der Waals surface area contributed by atoms with Gasteiger partial charge in [0, 0.05) is 13.7 Å². The van der Waals surface area contributed by atoms with Crippen LogP contribution in [-0.2, 0) is 19.8 Å². The lowest BCUT2D eigenvalue weighted by molar-refractivity contribution is -0.151. The van der Waals surface area contributed by atoms with Gasteiger partial charge in [-0.3, -0.25) is 5.32 Å². The second-order valence-electron chi connectivity index (χ2n) is 4.39. The van der Waals surface area contributed by atoms with Crippen molar-refractivity contribution in [3.05, 3.63) is 34.6 Å². The van der Waals surface area contributed by atoms with Crippen molar-refractivity contribution in [1.29, 1.82) is 0 Å². The van der Waals surface area contributed by atoms with Crippen LogP contribution < -0.4 is 5.32 Å². The molecule has 20 heavy (non-hydrogen) atoms. The Morgan fingerprint density at radius 1 is 1.50 bits per heavy atom. The summed E-state index contributed by atoms with van der Waals surface area (Å²) in [7, 11) is 1.57. The molecule has 1 aromatic rings. The van der Waals surface area contributed by atoms with E-state index in [9.17, 15) is 9.18 Å². The summed E-state index contributed by atoms with van der Waals surface area (Å²) in [6.45, 7) is 4.54. The standard InChI is InChI=1S/C14H19ClFNO3/c1-4-20-13(18)14(2,17-7-8-19-3)10-5-6-12(16)11(15)9-10/h5-6,9,17H,4,7-8H2,1-3H3. The maximum absolute atomic E-state index is 13.3. The van der Waals surface area contributed by atoms with Crippen molar-refractivity contribution in [2.24, 2.45) is 0 Å². The summed E-state index contributed by atoms with van der Waals surface area (Å²) < 4.78 is 23.3. The molecule has 0 aromatic heterocycles. The molecule has 112 valence electrons. The molecule has 1 aromatic carbocycles. The molecular weight excluding hydrogens is 285 g/mol. The zero-order chi connectivity index (χ0) is 15.2. The molecule has 1 unspecified atom stereocenters. The minimum Gasteiger partial charge on any atom is -0.464 e. The van der Waals surface area contributed by atoms with Crippen molar-refractivity contribution in [1.82, 2.24) is 5.32 Å². The van der Waals surface area contributed by atoms with Crippen molar-refractivity contribution >= 4 is 17.6 Å². The summed E-state index contributed by atoms with van der Waals surface area (Å²) in [6, 6.07) is 4.17. The normalized spacial score (nSPS) is 13.8. The van der Waals surface area contributed by atoms with Crippen LogP contribution in [0.1, 0.15) is 19.4 Å². The Hall–Kier alpha value is -1.17. The van der Waals surface area contributed by atoms with Crippen LogP contribution in [0.4, 0.5) is 4.39 Å². The Labute approximate surface area is 123 Å². The number of esters is 1. The van der Waals surface area contributed by atoms with E-state index < -0.39 is 17.3 Å². The van der Waals surface area contributed by atoms with Crippen LogP contribution in [0, 0.1) is 5.82 Å². The fourth-order valence-electron chi connectivity index (χ4n) is 1.78. The summed E-state index contributed by atoms with van der Waals surface area (Å²) >= 11 is 5.78. The maximum atomic E-state index is 13.3. The zero-order valence-electron chi connectivity index (χ0n) is 11.8. The third-order valence-corrected chi connectivity index (χ3v) is 3.26. The maximum Gasteiger partial charge on any atom is 0.330 e. The first-order valence-corrected chi connectivity index (χ1v) is 6.70. The summed E-state index contributed by atoms with van der Waals surface area (Å²) in [5.41, 5.74) is -0.565. The molecule has 1 N–H and O–H groups in total. The van der Waals surface area contributed by atoms with Gasteiger partial charge in [0.25, 0.3) is 0 Å². The zero-order valence-corrected chi connectivity index (χ0v) is 12.6. The number of ether oxygens (including phenoxy) is 2. The van der Waals surface area contributed by atoms with Crippen LogP contribution in [0.5, 0.6) is 0 Å². The molecule has 0 amide bonds. The minimum absolute atomic E-state index is 0.0356. The summed E-state index contributed by atoms with van der Waals surface area (Å²) in [4.78, 5) is 12.2. The topological polar surface area (TPSA) is 47.6 Å². The van der Waals surface area contributed by atoms with Gasteiger partial charge in [0.15, 0.2) is 0 Å². The average molecular weight is 304 g/mol. The van der Waals surface area contributed by atoms with E-state index in [1.54, 1.807) is 21.0 Å². The smallest absolute Gasteiger partial charge is 0.330 e. The molecule has 0 spiro atoms. The monoisotopic (exact) mass is 303 g/mol. The highest BCUT2D eigenvalue weighted by atomic mass is 35.5. The van der Waals surface area contributed by atoms with E-state index in [0.29, 0.717) is 18.7 Å². The molecule has 0 fully saturated rings. The number of nitrogens with one attached hydrogen (secondary N) is 1. The van der Waals surface area contributed by atoms with E-state index in [1.165, 1.54) is 18.2 Å². The van der Waals surface area contributed by atoms with Crippen LogP contribution in [0.15, 0.2) is 18.2 Å². The van der Waals surface area contributed by atoms with E-state index in [0.717, 1.165) is 0 Å². The van der Waals surface area contributed by atoms with Gasteiger partial charge in [-0.05, 0) is 31.5 Å². The van der Waals surface area contributed by atoms with Crippen molar-refractivity contribution in [2.75, 3.05) is 26.9 Å². The quantitative estimate of drug-likeness (QED) is 0.621. The van der Waals surface area contributed by atoms with Crippen molar-refractivity contribution in [3.8, 4) is 0 Å². The minimum atomic E-state index is -1.11. The first-order valence-electron chi connectivity index (χ1n) is 6.32. The second-order valence-corrected chi connectivity index (χ2v) is 4.80. The summed E-state index contributed by atoms with van der Waals surface area (Å²) in [5.74, 6) is -0.975. The number of carbonyl (C=O) groups is 1. The second kappa shape index (κ2) is 7.57. The average Bonchev–Trinajstić information content (AvgIpc) is 2.42. The number of halogens is 2. The largest absolute Gasteiger partial charge is 0.464 e. The number of hydrogen-bond acceptors (Lipinski definition) is 4. The molecule has 0 bridgehead atoms. The van der Waals surface area contributed by atoms with Crippen LogP contribution in [0.2, 0.25) is 5.02 Å². The Bertz CT molecular complexity index is 470.